The van der Waals surface area contributed by atoms with E-state index >= 15 is 0 Å². The van der Waals surface area contributed by atoms with Crippen molar-refractivity contribution in [2.24, 2.45) is 5.14 Å². The zero-order valence-corrected chi connectivity index (χ0v) is 15.6. The molecule has 0 saturated carbocycles. The molecule has 0 unspecified atom stereocenters. The van der Waals surface area contributed by atoms with Gasteiger partial charge in [0.05, 0.1) is 20.5 Å². The van der Waals surface area contributed by atoms with Gasteiger partial charge in [-0.2, -0.15) is 0 Å². The van der Waals surface area contributed by atoms with E-state index in [1.165, 1.54) is 18.2 Å². The number of benzene rings is 2. The highest BCUT2D eigenvalue weighted by molar-refractivity contribution is 7.89. The number of carbonyl (C=O) groups excluding carboxylic acids is 1. The zero-order chi connectivity index (χ0) is 18.6. The lowest BCUT2D eigenvalue weighted by Crippen LogP contribution is -2.15. The lowest BCUT2D eigenvalue weighted by Gasteiger charge is -2.10. The molecule has 2 aromatic rings. The highest BCUT2D eigenvalue weighted by Crippen LogP contribution is 2.27. The molecule has 25 heavy (non-hydrogen) atoms. The highest BCUT2D eigenvalue weighted by Gasteiger charge is 2.17. The molecule has 0 bridgehead atoms. The first-order chi connectivity index (χ1) is 11.7. The number of halogens is 3. The third-order valence-electron chi connectivity index (χ3n) is 2.95. The molecule has 0 spiro atoms. The van der Waals surface area contributed by atoms with Crippen molar-refractivity contribution in [1.82, 2.24) is 0 Å². The van der Waals surface area contributed by atoms with Gasteiger partial charge < -0.3 is 9.47 Å². The molecule has 2 N–H and O–H groups in total. The number of hydrogen-bond acceptors (Lipinski definition) is 5. The van der Waals surface area contributed by atoms with Gasteiger partial charge in [0.25, 0.3) is 0 Å². The third kappa shape index (κ3) is 5.49. The molecule has 2 rings (SSSR count). The lowest BCUT2D eigenvalue weighted by molar-refractivity contribution is 0.0450. The van der Waals surface area contributed by atoms with Crippen LogP contribution in [-0.4, -0.2) is 27.6 Å². The molecule has 0 atom stereocenters. The Morgan fingerprint density at radius 3 is 2.36 bits per heavy atom. The summed E-state index contributed by atoms with van der Waals surface area (Å²) in [5.74, 6) is -0.419. The van der Waals surface area contributed by atoms with Gasteiger partial charge in [0.2, 0.25) is 10.0 Å². The number of esters is 1. The van der Waals surface area contributed by atoms with Crippen LogP contribution in [0.25, 0.3) is 0 Å². The van der Waals surface area contributed by atoms with Crippen LogP contribution in [0.5, 0.6) is 5.75 Å². The molecule has 0 aliphatic rings. The van der Waals surface area contributed by atoms with Gasteiger partial charge in [-0.05, 0) is 36.4 Å². The van der Waals surface area contributed by atoms with E-state index in [1.807, 2.05) is 0 Å². The second-order valence-corrected chi connectivity index (χ2v) is 7.56. The Kier molecular flexibility index (Phi) is 6.53. The van der Waals surface area contributed by atoms with E-state index in [4.69, 9.17) is 49.4 Å². The number of ether oxygens (including phenoxy) is 2. The van der Waals surface area contributed by atoms with Crippen molar-refractivity contribution in [1.29, 1.82) is 0 Å². The van der Waals surface area contributed by atoms with E-state index in [1.54, 1.807) is 12.1 Å². The normalized spacial score (nSPS) is 11.2. The smallest absolute Gasteiger partial charge is 0.339 e. The molecule has 134 valence electrons. The van der Waals surface area contributed by atoms with Gasteiger partial charge in [-0.25, -0.2) is 18.4 Å². The Morgan fingerprint density at radius 2 is 1.72 bits per heavy atom. The summed E-state index contributed by atoms with van der Waals surface area (Å²) in [7, 11) is -3.96. The zero-order valence-electron chi connectivity index (χ0n) is 12.5. The molecule has 6 nitrogen and oxygen atoms in total. The fourth-order valence-electron chi connectivity index (χ4n) is 1.79. The van der Waals surface area contributed by atoms with E-state index in [9.17, 15) is 13.2 Å². The van der Waals surface area contributed by atoms with Gasteiger partial charge in [-0.15, -0.1) is 0 Å². The van der Waals surface area contributed by atoms with E-state index < -0.39 is 16.0 Å². The van der Waals surface area contributed by atoms with E-state index in [-0.39, 0.29) is 28.7 Å². The highest BCUT2D eigenvalue weighted by atomic mass is 35.5. The molecule has 0 amide bonds. The van der Waals surface area contributed by atoms with Gasteiger partial charge >= 0.3 is 5.97 Å². The van der Waals surface area contributed by atoms with Crippen LogP contribution in [0.2, 0.25) is 15.1 Å². The van der Waals surface area contributed by atoms with Gasteiger partial charge in [-0.1, -0.05) is 34.8 Å². The number of rotatable bonds is 6. The summed E-state index contributed by atoms with van der Waals surface area (Å²) in [4.78, 5) is 11.8. The van der Waals surface area contributed by atoms with Crippen LogP contribution >= 0.6 is 34.8 Å². The molecule has 0 aromatic heterocycles. The van der Waals surface area contributed by atoms with Crippen molar-refractivity contribution >= 4 is 50.8 Å². The first kappa shape index (κ1) is 19.8. The molecule has 0 radical (unpaired) electrons. The van der Waals surface area contributed by atoms with Crippen LogP contribution in [0.4, 0.5) is 0 Å². The maximum absolute atomic E-state index is 12.0. The molecule has 0 fully saturated rings. The molecule has 10 heteroatoms. The molecule has 0 saturated heterocycles. The maximum atomic E-state index is 12.0. The molecular weight excluding hydrogens is 413 g/mol. The van der Waals surface area contributed by atoms with Crippen molar-refractivity contribution < 1.29 is 22.7 Å². The van der Waals surface area contributed by atoms with Crippen molar-refractivity contribution in [2.75, 3.05) is 13.2 Å². The minimum atomic E-state index is -3.96. The van der Waals surface area contributed by atoms with Crippen molar-refractivity contribution in [2.45, 2.75) is 4.90 Å². The van der Waals surface area contributed by atoms with Gasteiger partial charge in [-0.3, -0.25) is 0 Å². The van der Waals surface area contributed by atoms with Gasteiger partial charge in [0, 0.05) is 5.02 Å². The Bertz CT molecular complexity index is 902. The second-order valence-electron chi connectivity index (χ2n) is 4.75. The lowest BCUT2D eigenvalue weighted by atomic mass is 10.2. The predicted molar refractivity (Wildman–Crippen MR) is 95.1 cm³/mol. The van der Waals surface area contributed by atoms with Crippen LogP contribution in [0, 0.1) is 0 Å². The summed E-state index contributed by atoms with van der Waals surface area (Å²) in [6.07, 6.45) is 0. The van der Waals surface area contributed by atoms with Crippen molar-refractivity contribution in [3.05, 3.63) is 57.0 Å². The van der Waals surface area contributed by atoms with E-state index in [2.05, 4.69) is 0 Å². The number of primary sulfonamides is 1. The predicted octanol–water partition coefficient (Wildman–Crippen LogP) is 3.53. The minimum absolute atomic E-state index is 0.0274. The number of nitrogens with two attached hydrogens (primary N) is 1. The van der Waals surface area contributed by atoms with Crippen molar-refractivity contribution in [3.8, 4) is 5.75 Å². The van der Waals surface area contributed by atoms with Crippen LogP contribution < -0.4 is 9.88 Å². The first-order valence-electron chi connectivity index (χ1n) is 6.76. The van der Waals surface area contributed by atoms with Crippen LogP contribution in [-0.2, 0) is 14.8 Å². The minimum Gasteiger partial charge on any atom is -0.488 e. The fourth-order valence-corrected chi connectivity index (χ4v) is 2.99. The summed E-state index contributed by atoms with van der Waals surface area (Å²) < 4.78 is 33.0. The maximum Gasteiger partial charge on any atom is 0.339 e. The van der Waals surface area contributed by atoms with Crippen molar-refractivity contribution in [3.63, 3.8) is 0 Å². The number of sulfonamides is 1. The Labute approximate surface area is 159 Å². The average Bonchev–Trinajstić information content (AvgIpc) is 2.52. The molecule has 0 aliphatic heterocycles. The molecule has 2 aromatic carbocycles. The molecule has 0 aliphatic carbocycles. The quantitative estimate of drug-likeness (QED) is 0.565. The monoisotopic (exact) mass is 423 g/mol. The van der Waals surface area contributed by atoms with Crippen LogP contribution in [0.3, 0.4) is 0 Å². The fraction of sp³-hybridized carbons (Fsp3) is 0.133. The third-order valence-corrected chi connectivity index (χ3v) is 4.73. The SMILES string of the molecule is NS(=O)(=O)c1ccc(Cl)c(C(=O)OCCOc2ccc(Cl)cc2Cl)c1. The summed E-state index contributed by atoms with van der Waals surface area (Å²) in [5, 5.41) is 5.85. The van der Waals surface area contributed by atoms with Gasteiger partial charge in [0.15, 0.2) is 0 Å². The second kappa shape index (κ2) is 8.25. The summed E-state index contributed by atoms with van der Waals surface area (Å²) >= 11 is 17.6. The van der Waals surface area contributed by atoms with Gasteiger partial charge in [0.1, 0.15) is 19.0 Å². The summed E-state index contributed by atoms with van der Waals surface area (Å²) in [6, 6.07) is 8.20. The molecule has 0 heterocycles. The van der Waals surface area contributed by atoms with E-state index in [0.717, 1.165) is 6.07 Å². The number of carbonyl (C=O) groups is 1. The number of hydrogen-bond donors (Lipinski definition) is 1. The Balaban J connectivity index is 1.96. The topological polar surface area (TPSA) is 95.7 Å². The Hall–Kier alpha value is -1.51. The Morgan fingerprint density at radius 1 is 1.00 bits per heavy atom. The van der Waals surface area contributed by atoms with Crippen LogP contribution in [0.15, 0.2) is 41.3 Å². The van der Waals surface area contributed by atoms with Crippen LogP contribution in [0.1, 0.15) is 10.4 Å². The molecular formula is C15H12Cl3NO5S. The standard InChI is InChI=1S/C15H12Cl3NO5S/c16-9-1-4-14(13(18)7-9)23-5-6-24-15(20)11-8-10(25(19,21)22)2-3-12(11)17/h1-4,7-8H,5-6H2,(H2,19,21,22). The summed E-state index contributed by atoms with van der Waals surface area (Å²) in [5.41, 5.74) is -0.113. The average molecular weight is 425 g/mol. The summed E-state index contributed by atoms with van der Waals surface area (Å²) in [6.45, 7) is -0.0761. The van der Waals surface area contributed by atoms with E-state index in [0.29, 0.717) is 15.8 Å². The first-order valence-corrected chi connectivity index (χ1v) is 9.44. The largest absolute Gasteiger partial charge is 0.488 e.